The van der Waals surface area contributed by atoms with Gasteiger partial charge in [0.15, 0.2) is 0 Å². The van der Waals surface area contributed by atoms with Crippen molar-refractivity contribution >= 4 is 51.1 Å². The number of alkyl halides is 1. The van der Waals surface area contributed by atoms with Gasteiger partial charge in [-0.3, -0.25) is 14.4 Å². The third kappa shape index (κ3) is 4.87. The molecule has 2 bridgehead atoms. The minimum atomic E-state index is -0.924. The summed E-state index contributed by atoms with van der Waals surface area (Å²) in [7, 11) is 3.29. The number of fused-ring (bicyclic) bond motifs is 1. The molecule has 5 rings (SSSR count). The fourth-order valence-corrected chi connectivity index (χ4v) is 10.5. The van der Waals surface area contributed by atoms with Crippen LogP contribution in [0.2, 0.25) is 0 Å². The van der Waals surface area contributed by atoms with Crippen molar-refractivity contribution in [2.45, 2.75) is 33.3 Å². The quantitative estimate of drug-likeness (QED) is 0.291. The second-order valence-corrected chi connectivity index (χ2v) is 13.7. The Morgan fingerprint density at radius 2 is 1.81 bits per heavy atom. The summed E-state index contributed by atoms with van der Waals surface area (Å²) in [5.41, 5.74) is 1.36. The Kier molecular flexibility index (Phi) is 8.87. The van der Waals surface area contributed by atoms with Crippen LogP contribution in [0.5, 0.6) is 5.75 Å². The van der Waals surface area contributed by atoms with Gasteiger partial charge in [-0.1, -0.05) is 58.4 Å². The van der Waals surface area contributed by atoms with Crippen molar-refractivity contribution in [3.05, 3.63) is 85.5 Å². The van der Waals surface area contributed by atoms with E-state index in [1.807, 2.05) is 30.3 Å². The molecule has 0 aromatic heterocycles. The van der Waals surface area contributed by atoms with Crippen molar-refractivity contribution < 1.29 is 24.2 Å². The van der Waals surface area contributed by atoms with Gasteiger partial charge in [-0.25, -0.2) is 0 Å². The van der Waals surface area contributed by atoms with E-state index in [-0.39, 0.29) is 41.0 Å². The zero-order valence-corrected chi connectivity index (χ0v) is 26.2. The molecule has 3 aliphatic heterocycles. The Hall–Kier alpha value is -3.08. The van der Waals surface area contributed by atoms with Crippen LogP contribution in [0.25, 0.3) is 0 Å². The molecule has 1 N–H and O–H groups in total. The van der Waals surface area contributed by atoms with Gasteiger partial charge in [-0.15, -0.1) is 24.9 Å². The van der Waals surface area contributed by atoms with E-state index in [1.54, 1.807) is 77.0 Å². The Balaban J connectivity index is 1.65. The van der Waals surface area contributed by atoms with Crippen molar-refractivity contribution in [1.29, 1.82) is 0 Å². The summed E-state index contributed by atoms with van der Waals surface area (Å²) in [6.07, 6.45) is 3.86. The number of methoxy groups -OCH3 is 1. The van der Waals surface area contributed by atoms with Gasteiger partial charge < -0.3 is 24.5 Å². The number of benzene rings is 2. The Morgan fingerprint density at radius 1 is 1.14 bits per heavy atom. The molecule has 2 aromatic carbocycles. The molecule has 0 aliphatic carbocycles. The van der Waals surface area contributed by atoms with Gasteiger partial charge in [0.1, 0.15) is 11.8 Å². The van der Waals surface area contributed by atoms with Gasteiger partial charge in [0, 0.05) is 35.9 Å². The van der Waals surface area contributed by atoms with E-state index >= 15 is 0 Å². The van der Waals surface area contributed by atoms with Crippen molar-refractivity contribution in [3.8, 4) is 5.75 Å². The molecule has 3 heterocycles. The molecule has 7 atom stereocenters. The van der Waals surface area contributed by atoms with Crippen LogP contribution in [0.3, 0.4) is 0 Å². The van der Waals surface area contributed by atoms with E-state index in [0.29, 0.717) is 24.4 Å². The average Bonchev–Trinajstić information content (AvgIpc) is 3.60. The van der Waals surface area contributed by atoms with E-state index in [1.165, 1.54) is 0 Å². The summed E-state index contributed by atoms with van der Waals surface area (Å²) >= 11 is 5.40. The molecule has 0 saturated carbocycles. The molecule has 42 heavy (non-hydrogen) atoms. The minimum Gasteiger partial charge on any atom is -0.497 e. The van der Waals surface area contributed by atoms with Crippen molar-refractivity contribution in [3.63, 3.8) is 0 Å². The summed E-state index contributed by atoms with van der Waals surface area (Å²) < 4.78 is 4.45. The minimum absolute atomic E-state index is 0.0639. The number of likely N-dealkylation sites (N-methyl/N-ethyl adjacent to an activating group) is 1. The van der Waals surface area contributed by atoms with Gasteiger partial charge in [0.25, 0.3) is 5.91 Å². The summed E-state index contributed by atoms with van der Waals surface area (Å²) in [4.78, 5) is 48.1. The fraction of sp³-hybridized carbons (Fsp3) is 0.406. The molecule has 3 amide bonds. The van der Waals surface area contributed by atoms with E-state index in [0.717, 1.165) is 5.56 Å². The number of likely N-dealkylation sites (tertiary alicyclic amines) is 1. The fourth-order valence-electron chi connectivity index (χ4n) is 6.89. The van der Waals surface area contributed by atoms with Crippen LogP contribution < -0.4 is 9.64 Å². The molecule has 0 radical (unpaired) electrons. The third-order valence-electron chi connectivity index (χ3n) is 8.68. The Labute approximate surface area is 259 Å². The number of carbonyl (C=O) groups excluding carboxylic acids is 3. The molecule has 3 saturated heterocycles. The van der Waals surface area contributed by atoms with E-state index in [4.69, 9.17) is 4.74 Å². The lowest BCUT2D eigenvalue weighted by Crippen LogP contribution is -2.56. The highest BCUT2D eigenvalue weighted by Gasteiger charge is 2.76. The first-order valence-corrected chi connectivity index (χ1v) is 15.8. The largest absolute Gasteiger partial charge is 0.497 e. The van der Waals surface area contributed by atoms with Crippen LogP contribution >= 0.6 is 27.7 Å². The number of anilines is 1. The molecule has 222 valence electrons. The molecule has 3 fully saturated rings. The Bertz CT molecular complexity index is 1360. The second kappa shape index (κ2) is 12.3. The zero-order valence-electron chi connectivity index (χ0n) is 23.8. The molecule has 1 spiro atoms. The van der Waals surface area contributed by atoms with Crippen LogP contribution in [0.15, 0.2) is 79.9 Å². The molecule has 2 aromatic rings. The lowest BCUT2D eigenvalue weighted by atomic mass is 9.70. The number of amides is 3. The summed E-state index contributed by atoms with van der Waals surface area (Å²) in [5, 5.41) is 10.6. The zero-order chi connectivity index (χ0) is 30.2. The Morgan fingerprint density at radius 3 is 2.40 bits per heavy atom. The van der Waals surface area contributed by atoms with Crippen molar-refractivity contribution in [2.24, 2.45) is 11.8 Å². The summed E-state index contributed by atoms with van der Waals surface area (Å²) in [6.45, 7) is 7.86. The lowest BCUT2D eigenvalue weighted by molar-refractivity contribution is -0.144. The number of carbonyl (C=O) groups is 3. The van der Waals surface area contributed by atoms with Gasteiger partial charge in [-0.05, 0) is 36.2 Å². The maximum Gasteiger partial charge on any atom is 0.251 e. The number of halogens is 1. The van der Waals surface area contributed by atoms with Crippen LogP contribution in [0, 0.1) is 11.8 Å². The van der Waals surface area contributed by atoms with Crippen LogP contribution in [0.1, 0.15) is 18.0 Å². The first-order valence-electron chi connectivity index (χ1n) is 14.0. The highest BCUT2D eigenvalue weighted by atomic mass is 79.9. The average molecular weight is 655 g/mol. The highest BCUT2D eigenvalue weighted by molar-refractivity contribution is 9.09. The maximum atomic E-state index is 14.9. The number of hydrogen-bond donors (Lipinski definition) is 1. The number of rotatable bonds is 11. The topological polar surface area (TPSA) is 90.4 Å². The normalized spacial score (nSPS) is 28.2. The molecule has 8 nitrogen and oxygen atoms in total. The van der Waals surface area contributed by atoms with Gasteiger partial charge in [-0.2, -0.15) is 0 Å². The lowest BCUT2D eigenvalue weighted by Gasteiger charge is -2.40. The highest BCUT2D eigenvalue weighted by Crippen LogP contribution is 2.68. The molecule has 3 unspecified atom stereocenters. The monoisotopic (exact) mass is 653 g/mol. The molecule has 10 heteroatoms. The summed E-state index contributed by atoms with van der Waals surface area (Å²) in [6, 6.07) is 14.8. The first kappa shape index (κ1) is 30.4. The van der Waals surface area contributed by atoms with Gasteiger partial charge >= 0.3 is 0 Å². The molecule has 3 aliphatic rings. The van der Waals surface area contributed by atoms with Crippen LogP contribution in [-0.4, -0.2) is 87.3 Å². The van der Waals surface area contributed by atoms with Crippen molar-refractivity contribution in [2.75, 3.05) is 38.8 Å². The SMILES string of the molecule is C=CCN(C)C(=O)[C@H]1[C@@H]2SC3(CC2Br)C(C(=O)N(CC=C)c2ccc(OC)cc2)N([C@H](CO)c2ccccc2)C(=O)[C@H]13. The number of nitrogens with zero attached hydrogens (tertiary/aromatic N) is 3. The van der Waals surface area contributed by atoms with E-state index in [2.05, 4.69) is 29.1 Å². The second-order valence-electron chi connectivity index (χ2n) is 11.0. The predicted molar refractivity (Wildman–Crippen MR) is 169 cm³/mol. The third-order valence-corrected chi connectivity index (χ3v) is 11.9. The number of aliphatic hydroxyl groups is 1. The molecular formula is C32H36BrN3O5S. The van der Waals surface area contributed by atoms with E-state index < -0.39 is 28.7 Å². The van der Waals surface area contributed by atoms with Crippen LogP contribution in [0.4, 0.5) is 5.69 Å². The van der Waals surface area contributed by atoms with Gasteiger partial charge in [0.05, 0.1) is 36.3 Å². The summed E-state index contributed by atoms with van der Waals surface area (Å²) in [5.74, 6) is -1.36. The predicted octanol–water partition coefficient (Wildman–Crippen LogP) is 4.06. The maximum absolute atomic E-state index is 14.9. The smallest absolute Gasteiger partial charge is 0.251 e. The van der Waals surface area contributed by atoms with Gasteiger partial charge in [0.2, 0.25) is 11.8 Å². The number of aliphatic hydroxyl groups excluding tert-OH is 1. The van der Waals surface area contributed by atoms with Crippen LogP contribution in [-0.2, 0) is 14.4 Å². The first-order chi connectivity index (χ1) is 20.2. The number of thioether (sulfide) groups is 1. The molecular weight excluding hydrogens is 618 g/mol. The van der Waals surface area contributed by atoms with Crippen molar-refractivity contribution in [1.82, 2.24) is 9.80 Å². The van der Waals surface area contributed by atoms with E-state index in [9.17, 15) is 19.5 Å². The number of hydrogen-bond acceptors (Lipinski definition) is 6. The number of ether oxygens (including phenoxy) is 1. The standard InChI is InChI=1S/C32H36BrN3O5S/c1-5-16-34(3)29(38)25-26-30(39)36(24(19-37)20-10-8-7-9-11-20)28(32(26)18-23(33)27(25)42-32)31(40)35(17-6-2)21-12-14-22(41-4)15-13-21/h5-15,23-28,37H,1-2,16-19H2,3-4H3/t23?,24-,25-,26+,27-,28?,32?/m1/s1.